The van der Waals surface area contributed by atoms with Crippen molar-refractivity contribution >= 4 is 98.4 Å². The van der Waals surface area contributed by atoms with E-state index in [0.29, 0.717) is 0 Å². The smallest absolute Gasteiger partial charge is 0.143 e. The number of fused-ring (bicyclic) bond motifs is 14. The van der Waals surface area contributed by atoms with Crippen LogP contribution in [0, 0.1) is 0 Å². The van der Waals surface area contributed by atoms with Crippen LogP contribution in [0.1, 0.15) is 0 Å². The summed E-state index contributed by atoms with van der Waals surface area (Å²) in [7, 11) is 0. The first-order chi connectivity index (χ1) is 28.8. The summed E-state index contributed by atoms with van der Waals surface area (Å²) in [6.07, 6.45) is 0. The van der Waals surface area contributed by atoms with E-state index in [1.165, 1.54) is 93.1 Å². The topological polar surface area (TPSA) is 26.9 Å². The Balaban J connectivity index is 1.16. The van der Waals surface area contributed by atoms with Gasteiger partial charge in [-0.25, -0.2) is 0 Å². The maximum absolute atomic E-state index is 6.65. The first-order valence-electron chi connectivity index (χ1n) is 20.0. The summed E-state index contributed by atoms with van der Waals surface area (Å²) in [5.74, 6) is 0. The Labute approximate surface area is 330 Å². The lowest BCUT2D eigenvalue weighted by Crippen LogP contribution is -1.99. The summed E-state index contributed by atoms with van der Waals surface area (Å²) in [6.45, 7) is 0. The fraction of sp³-hybridized carbons (Fsp3) is 0. The van der Waals surface area contributed by atoms with Crippen LogP contribution in [0.2, 0.25) is 0 Å². The quantitative estimate of drug-likeness (QED) is 0.166. The Hall–Kier alpha value is -7.82. The van der Waals surface area contributed by atoms with E-state index in [9.17, 15) is 0 Å². The van der Waals surface area contributed by atoms with Crippen molar-refractivity contribution in [3.05, 3.63) is 188 Å². The number of hydrogen-bond acceptors (Lipinski definition) is 1. The molecule has 58 heavy (non-hydrogen) atoms. The van der Waals surface area contributed by atoms with Gasteiger partial charge in [-0.3, -0.25) is 0 Å². The summed E-state index contributed by atoms with van der Waals surface area (Å²) in [6, 6.07) is 68.6. The number of nitrogens with zero attached hydrogens (tertiary/aromatic N) is 3. The first kappa shape index (κ1) is 30.4. The highest BCUT2D eigenvalue weighted by molar-refractivity contribution is 6.28. The van der Waals surface area contributed by atoms with E-state index < -0.39 is 0 Å². The minimum absolute atomic E-state index is 0.909. The molecule has 0 aliphatic carbocycles. The normalized spacial score (nSPS) is 12.5. The molecular weight excluding hydrogens is 707 g/mol. The lowest BCUT2D eigenvalue weighted by atomic mass is 9.96. The molecule has 5 aromatic heterocycles. The molecule has 4 heteroatoms. The molecule has 14 aromatic rings. The second-order valence-corrected chi connectivity index (χ2v) is 15.6. The molecule has 9 aromatic carbocycles. The Bertz CT molecular complexity index is 4030. The standard InChI is InChI=1S/C54H31N3O/c1-2-14-32(15-3-1)55-43-24-8-4-16-33(43)37-20-12-21-38(51(37)55)35-28-30-46-52-49(35)41-18-5-9-25-44(41)56(52)47-31-29-36(50-42-19-6-10-26-45(42)57(46)53(47)50)40-23-13-22-39-34-17-7-11-27-48(34)58-54(39)40/h1-31H. The van der Waals surface area contributed by atoms with Crippen molar-refractivity contribution in [1.29, 1.82) is 0 Å². The van der Waals surface area contributed by atoms with Crippen LogP contribution in [0.4, 0.5) is 0 Å². The van der Waals surface area contributed by atoms with Crippen LogP contribution >= 0.6 is 0 Å². The van der Waals surface area contributed by atoms with Gasteiger partial charge in [0.25, 0.3) is 0 Å². The largest absolute Gasteiger partial charge is 0.455 e. The van der Waals surface area contributed by atoms with E-state index >= 15 is 0 Å². The molecule has 0 radical (unpaired) electrons. The molecule has 14 rings (SSSR count). The highest BCUT2D eigenvalue weighted by Crippen LogP contribution is 2.49. The summed E-state index contributed by atoms with van der Waals surface area (Å²) in [5.41, 5.74) is 17.3. The van der Waals surface area contributed by atoms with Crippen molar-refractivity contribution in [2.24, 2.45) is 0 Å². The van der Waals surface area contributed by atoms with Gasteiger partial charge < -0.3 is 17.8 Å². The molecular formula is C54H31N3O. The van der Waals surface area contributed by atoms with Crippen LogP contribution in [-0.4, -0.2) is 13.4 Å². The highest BCUT2D eigenvalue weighted by Gasteiger charge is 2.26. The second-order valence-electron chi connectivity index (χ2n) is 15.6. The monoisotopic (exact) mass is 737 g/mol. The van der Waals surface area contributed by atoms with E-state index in [2.05, 4.69) is 195 Å². The number of aromatic nitrogens is 3. The van der Waals surface area contributed by atoms with Gasteiger partial charge in [0.05, 0.1) is 44.1 Å². The number of para-hydroxylation sites is 7. The lowest BCUT2D eigenvalue weighted by Gasteiger charge is -2.16. The molecule has 0 aliphatic heterocycles. The second kappa shape index (κ2) is 10.9. The first-order valence-corrected chi connectivity index (χ1v) is 20.0. The highest BCUT2D eigenvalue weighted by atomic mass is 16.3. The third-order valence-corrected chi connectivity index (χ3v) is 12.8. The molecule has 0 saturated carbocycles. The molecule has 0 bridgehead atoms. The van der Waals surface area contributed by atoms with Crippen LogP contribution in [0.25, 0.3) is 126 Å². The van der Waals surface area contributed by atoms with E-state index in [1.807, 2.05) is 6.07 Å². The van der Waals surface area contributed by atoms with Crippen molar-refractivity contribution in [2.45, 2.75) is 0 Å². The molecule has 0 spiro atoms. The van der Waals surface area contributed by atoms with Crippen molar-refractivity contribution in [2.75, 3.05) is 0 Å². The molecule has 268 valence electrons. The van der Waals surface area contributed by atoms with Gasteiger partial charge in [0.15, 0.2) is 0 Å². The van der Waals surface area contributed by atoms with Gasteiger partial charge in [0.2, 0.25) is 0 Å². The van der Waals surface area contributed by atoms with Gasteiger partial charge in [0, 0.05) is 59.9 Å². The molecule has 4 nitrogen and oxygen atoms in total. The molecule has 0 aliphatic rings. The Kier molecular flexibility index (Phi) is 5.73. The van der Waals surface area contributed by atoms with Crippen molar-refractivity contribution in [3.63, 3.8) is 0 Å². The van der Waals surface area contributed by atoms with Gasteiger partial charge in [-0.1, -0.05) is 140 Å². The van der Waals surface area contributed by atoms with Gasteiger partial charge in [-0.2, -0.15) is 0 Å². The van der Waals surface area contributed by atoms with Crippen molar-refractivity contribution in [3.8, 4) is 27.9 Å². The van der Waals surface area contributed by atoms with Gasteiger partial charge >= 0.3 is 0 Å². The summed E-state index contributed by atoms with van der Waals surface area (Å²) >= 11 is 0. The fourth-order valence-corrected chi connectivity index (χ4v) is 10.5. The Morgan fingerprint density at radius 2 is 0.810 bits per heavy atom. The SMILES string of the molecule is c1ccc(-n2c3ccccc3c3cccc(-c4ccc5c6c4c4ccccc4n6c4ccc(-c6cccc7c6oc6ccccc67)c6c7ccccc7n5c64)c32)cc1. The van der Waals surface area contributed by atoms with E-state index in [0.717, 1.165) is 33.2 Å². The third-order valence-electron chi connectivity index (χ3n) is 12.8. The maximum atomic E-state index is 6.65. The van der Waals surface area contributed by atoms with Gasteiger partial charge in [-0.15, -0.1) is 0 Å². The maximum Gasteiger partial charge on any atom is 0.143 e. The molecule has 0 saturated heterocycles. The molecule has 0 N–H and O–H groups in total. The van der Waals surface area contributed by atoms with Gasteiger partial charge in [0.1, 0.15) is 11.2 Å². The number of hydrogen-bond donors (Lipinski definition) is 0. The average molecular weight is 738 g/mol. The fourth-order valence-electron chi connectivity index (χ4n) is 10.5. The van der Waals surface area contributed by atoms with E-state index in [4.69, 9.17) is 4.42 Å². The summed E-state index contributed by atoms with van der Waals surface area (Å²) in [5, 5.41) is 9.75. The zero-order valence-corrected chi connectivity index (χ0v) is 31.1. The molecule has 0 atom stereocenters. The molecule has 5 heterocycles. The number of furan rings is 1. The predicted octanol–water partition coefficient (Wildman–Crippen LogP) is 14.6. The van der Waals surface area contributed by atoms with E-state index in [1.54, 1.807) is 0 Å². The lowest BCUT2D eigenvalue weighted by molar-refractivity contribution is 0.670. The Morgan fingerprint density at radius 3 is 1.50 bits per heavy atom. The van der Waals surface area contributed by atoms with Crippen LogP contribution in [0.5, 0.6) is 0 Å². The zero-order valence-electron chi connectivity index (χ0n) is 31.1. The van der Waals surface area contributed by atoms with Crippen LogP contribution < -0.4 is 0 Å². The third kappa shape index (κ3) is 3.70. The average Bonchev–Trinajstić information content (AvgIpc) is 4.04. The Morgan fingerprint density at radius 1 is 0.293 bits per heavy atom. The molecule has 0 fully saturated rings. The summed E-state index contributed by atoms with van der Waals surface area (Å²) < 4.78 is 14.2. The van der Waals surface area contributed by atoms with Crippen molar-refractivity contribution in [1.82, 2.24) is 13.4 Å². The number of benzene rings is 9. The van der Waals surface area contributed by atoms with Crippen LogP contribution in [-0.2, 0) is 0 Å². The van der Waals surface area contributed by atoms with E-state index in [-0.39, 0.29) is 0 Å². The van der Waals surface area contributed by atoms with Crippen molar-refractivity contribution < 1.29 is 4.42 Å². The van der Waals surface area contributed by atoms with Gasteiger partial charge in [-0.05, 0) is 59.7 Å². The molecule has 0 amide bonds. The zero-order chi connectivity index (χ0) is 37.6. The van der Waals surface area contributed by atoms with Crippen LogP contribution in [0.15, 0.2) is 192 Å². The van der Waals surface area contributed by atoms with Crippen LogP contribution in [0.3, 0.4) is 0 Å². The minimum Gasteiger partial charge on any atom is -0.455 e. The summed E-state index contributed by atoms with van der Waals surface area (Å²) in [4.78, 5) is 0. The minimum atomic E-state index is 0.909. The number of rotatable bonds is 3. The molecule has 0 unspecified atom stereocenters. The predicted molar refractivity (Wildman–Crippen MR) is 242 cm³/mol.